The maximum Gasteiger partial charge on any atom is 0.460 e. The number of halogens is 15. The van der Waals surface area contributed by atoms with Gasteiger partial charge in [-0.05, 0) is 34.6 Å². The van der Waals surface area contributed by atoms with Gasteiger partial charge in [-0.15, -0.1) is 0 Å². The van der Waals surface area contributed by atoms with Crippen molar-refractivity contribution in [3.05, 3.63) is 0 Å². The lowest BCUT2D eigenvalue weighted by Crippen LogP contribution is -2.71. The molecule has 226 valence electrons. The van der Waals surface area contributed by atoms with Crippen molar-refractivity contribution in [3.63, 3.8) is 0 Å². The SMILES string of the molecule is CC(=O)C(C)(C(=O)OC(C)(C)C)C(F)(F)OS(=O)(=O)C(F)(F)C(F)(F)C(F)(F)C(F)(F)C(F)(F)C(F)(F)F. The van der Waals surface area contributed by atoms with Crippen LogP contribution in [0.15, 0.2) is 0 Å². The first-order chi connectivity index (χ1) is 16.0. The molecule has 0 aliphatic heterocycles. The number of ketones is 1. The Labute approximate surface area is 202 Å². The Bertz CT molecular complexity index is 1040. The van der Waals surface area contributed by atoms with Crippen LogP contribution in [0.5, 0.6) is 0 Å². The van der Waals surface area contributed by atoms with Gasteiger partial charge in [0.05, 0.1) is 0 Å². The fraction of sp³-hybridized carbons (Fsp3) is 0.875. The minimum Gasteiger partial charge on any atom is -0.459 e. The van der Waals surface area contributed by atoms with Gasteiger partial charge in [0.25, 0.3) is 0 Å². The molecule has 0 bridgehead atoms. The molecule has 0 aromatic rings. The fourth-order valence-electron chi connectivity index (χ4n) is 2.03. The molecule has 0 spiro atoms. The molecule has 38 heavy (non-hydrogen) atoms. The molecule has 0 fully saturated rings. The minimum atomic E-state index is -8.65. The maximum atomic E-state index is 14.5. The van der Waals surface area contributed by atoms with Crippen molar-refractivity contribution in [2.45, 2.75) is 81.4 Å². The number of hydrogen-bond acceptors (Lipinski definition) is 6. The van der Waals surface area contributed by atoms with E-state index >= 15 is 0 Å². The summed E-state index contributed by atoms with van der Waals surface area (Å²) < 4.78 is 230. The highest BCUT2D eigenvalue weighted by Crippen LogP contribution is 2.61. The van der Waals surface area contributed by atoms with E-state index in [1.54, 1.807) is 0 Å². The Morgan fingerprint density at radius 3 is 1.24 bits per heavy atom. The molecule has 0 heterocycles. The molecule has 0 rings (SSSR count). The van der Waals surface area contributed by atoms with Gasteiger partial charge in [-0.25, -0.2) is 0 Å². The van der Waals surface area contributed by atoms with Crippen molar-refractivity contribution in [2.24, 2.45) is 5.41 Å². The van der Waals surface area contributed by atoms with Crippen LogP contribution in [-0.4, -0.2) is 67.0 Å². The van der Waals surface area contributed by atoms with Crippen LogP contribution in [0, 0.1) is 5.41 Å². The summed E-state index contributed by atoms with van der Waals surface area (Å²) in [5.41, 5.74) is -6.18. The molecule has 1 unspecified atom stereocenters. The Hall–Kier alpha value is -2.00. The number of hydrogen-bond donors (Lipinski definition) is 0. The summed E-state index contributed by atoms with van der Waals surface area (Å²) >= 11 is 0. The van der Waals surface area contributed by atoms with Crippen molar-refractivity contribution in [1.82, 2.24) is 0 Å². The van der Waals surface area contributed by atoms with Gasteiger partial charge >= 0.3 is 57.3 Å². The number of rotatable bonds is 10. The maximum absolute atomic E-state index is 14.5. The average molecular weight is 620 g/mol. The normalized spacial score (nSPS) is 17.2. The van der Waals surface area contributed by atoms with E-state index in [2.05, 4.69) is 8.92 Å². The summed E-state index contributed by atoms with van der Waals surface area (Å²) in [6.07, 6.45) is -14.1. The van der Waals surface area contributed by atoms with E-state index in [0.29, 0.717) is 0 Å². The van der Waals surface area contributed by atoms with E-state index in [1.807, 2.05) is 0 Å². The van der Waals surface area contributed by atoms with Gasteiger partial charge in [0.15, 0.2) is 5.78 Å². The highest BCUT2D eigenvalue weighted by Gasteiger charge is 2.93. The third-order valence-electron chi connectivity index (χ3n) is 4.53. The first-order valence-electron chi connectivity index (χ1n) is 9.06. The molecule has 1 atom stereocenters. The number of Topliss-reactive ketones (excluding diaryl/α,β-unsaturated/α-hetero) is 1. The van der Waals surface area contributed by atoms with Crippen molar-refractivity contribution in [3.8, 4) is 0 Å². The summed E-state index contributed by atoms with van der Waals surface area (Å²) in [7, 11) is -8.53. The smallest absolute Gasteiger partial charge is 0.459 e. The number of carbonyl (C=O) groups excluding carboxylic acids is 2. The van der Waals surface area contributed by atoms with Crippen LogP contribution in [0.4, 0.5) is 65.9 Å². The van der Waals surface area contributed by atoms with E-state index in [4.69, 9.17) is 0 Å². The summed E-state index contributed by atoms with van der Waals surface area (Å²) in [6, 6.07) is 0. The van der Waals surface area contributed by atoms with Crippen LogP contribution in [0.2, 0.25) is 0 Å². The van der Waals surface area contributed by atoms with Crippen molar-refractivity contribution >= 4 is 21.9 Å². The van der Waals surface area contributed by atoms with Crippen molar-refractivity contribution < 1.29 is 92.8 Å². The summed E-state index contributed by atoms with van der Waals surface area (Å²) in [6.45, 7) is 2.58. The molecule has 6 nitrogen and oxygen atoms in total. The quantitative estimate of drug-likeness (QED) is 0.138. The first kappa shape index (κ1) is 36.0. The zero-order valence-electron chi connectivity index (χ0n) is 19.0. The van der Waals surface area contributed by atoms with Crippen LogP contribution >= 0.6 is 0 Å². The summed E-state index contributed by atoms with van der Waals surface area (Å²) in [5, 5.41) is -8.15. The summed E-state index contributed by atoms with van der Waals surface area (Å²) in [4.78, 5) is 23.7. The van der Waals surface area contributed by atoms with E-state index < -0.39 is 74.1 Å². The Morgan fingerprint density at radius 1 is 0.605 bits per heavy atom. The molecule has 22 heteroatoms. The molecule has 0 aliphatic carbocycles. The number of alkyl halides is 15. The van der Waals surface area contributed by atoms with E-state index in [9.17, 15) is 83.9 Å². The molecule has 0 aliphatic rings. The molecule has 0 aromatic heterocycles. The second-order valence-electron chi connectivity index (χ2n) is 8.55. The predicted octanol–water partition coefficient (Wildman–Crippen LogP) is 5.56. The fourth-order valence-corrected chi connectivity index (χ4v) is 3.02. The van der Waals surface area contributed by atoms with Crippen LogP contribution in [0.25, 0.3) is 0 Å². The third kappa shape index (κ3) is 5.25. The van der Waals surface area contributed by atoms with Crippen molar-refractivity contribution in [1.29, 1.82) is 0 Å². The topological polar surface area (TPSA) is 86.7 Å². The van der Waals surface area contributed by atoms with Gasteiger partial charge in [0.2, 0.25) is 5.41 Å². The molecule has 0 N–H and O–H groups in total. The lowest BCUT2D eigenvalue weighted by atomic mass is 9.84. The molecular weight excluding hydrogens is 605 g/mol. The van der Waals surface area contributed by atoms with Gasteiger partial charge in [0.1, 0.15) is 5.60 Å². The molecule has 0 amide bonds. The molecule has 0 saturated heterocycles. The number of ether oxygens (including phenoxy) is 1. The summed E-state index contributed by atoms with van der Waals surface area (Å²) in [5.74, 6) is -38.7. The highest BCUT2D eigenvalue weighted by atomic mass is 32.2. The zero-order valence-corrected chi connectivity index (χ0v) is 19.8. The molecule has 0 aromatic carbocycles. The Balaban J connectivity index is 6.93. The van der Waals surface area contributed by atoms with Crippen LogP contribution in [0.3, 0.4) is 0 Å². The largest absolute Gasteiger partial charge is 0.460 e. The lowest BCUT2D eigenvalue weighted by molar-refractivity contribution is -0.434. The average Bonchev–Trinajstić information content (AvgIpc) is 2.62. The van der Waals surface area contributed by atoms with Crippen molar-refractivity contribution in [2.75, 3.05) is 0 Å². The number of esters is 1. The molecule has 0 radical (unpaired) electrons. The van der Waals surface area contributed by atoms with Gasteiger partial charge < -0.3 is 4.74 Å². The highest BCUT2D eigenvalue weighted by molar-refractivity contribution is 7.87. The van der Waals surface area contributed by atoms with Gasteiger partial charge in [-0.3, -0.25) is 9.59 Å². The predicted molar refractivity (Wildman–Crippen MR) is 90.4 cm³/mol. The number of carbonyl (C=O) groups is 2. The van der Waals surface area contributed by atoms with E-state index in [0.717, 1.165) is 20.8 Å². The Morgan fingerprint density at radius 2 is 0.947 bits per heavy atom. The van der Waals surface area contributed by atoms with Crippen LogP contribution in [0.1, 0.15) is 34.6 Å². The molecular formula is C16H15F15O6S. The van der Waals surface area contributed by atoms with Gasteiger partial charge in [-0.2, -0.15) is 78.5 Å². The van der Waals surface area contributed by atoms with Crippen LogP contribution < -0.4 is 0 Å². The third-order valence-corrected chi connectivity index (χ3v) is 5.84. The second kappa shape index (κ2) is 9.29. The Kier molecular flexibility index (Phi) is 8.80. The zero-order chi connectivity index (χ0) is 31.6. The van der Waals surface area contributed by atoms with Gasteiger partial charge in [0, 0.05) is 0 Å². The van der Waals surface area contributed by atoms with E-state index in [-0.39, 0.29) is 13.8 Å². The lowest BCUT2D eigenvalue weighted by Gasteiger charge is -2.39. The monoisotopic (exact) mass is 620 g/mol. The molecule has 0 saturated carbocycles. The second-order valence-corrected chi connectivity index (χ2v) is 10.1. The van der Waals surface area contributed by atoms with Gasteiger partial charge in [-0.1, -0.05) is 0 Å². The first-order valence-corrected chi connectivity index (χ1v) is 10.5. The van der Waals surface area contributed by atoms with Crippen LogP contribution in [-0.2, 0) is 28.6 Å². The van der Waals surface area contributed by atoms with E-state index in [1.165, 1.54) is 0 Å². The minimum absolute atomic E-state index is 0.0362. The standard InChI is InChI=1S/C16H15F15O6S/c1-6(32)9(5,7(33)36-8(2,3)4)15(28,29)37-38(34,35)16(30,31)13(23,24)11(19,20)10(17,18)12(21,22)14(25,26)27/h1-5H3.